The predicted molar refractivity (Wildman–Crippen MR) is 47.6 cm³/mol. The summed E-state index contributed by atoms with van der Waals surface area (Å²) in [7, 11) is 0. The van der Waals surface area contributed by atoms with Crippen LogP contribution >= 0.6 is 0 Å². The van der Waals surface area contributed by atoms with Crippen LogP contribution in [0, 0.1) is 0 Å². The monoisotopic (exact) mass is 241 g/mol. The summed E-state index contributed by atoms with van der Waals surface area (Å²) in [5.41, 5.74) is 0. The van der Waals surface area contributed by atoms with Crippen molar-refractivity contribution in [3.05, 3.63) is 0 Å². The van der Waals surface area contributed by atoms with E-state index in [1.54, 1.807) is 0 Å². The van der Waals surface area contributed by atoms with Crippen molar-refractivity contribution in [2.24, 2.45) is 5.16 Å². The van der Waals surface area contributed by atoms with Gasteiger partial charge in [0.2, 0.25) is 0 Å². The average molecular weight is 241 g/mol. The summed E-state index contributed by atoms with van der Waals surface area (Å²) in [4.78, 5) is 24.5. The van der Waals surface area contributed by atoms with E-state index >= 15 is 0 Å². The van der Waals surface area contributed by atoms with E-state index in [0.717, 1.165) is 25.3 Å². The Morgan fingerprint density at radius 2 is 1.93 bits per heavy atom. The summed E-state index contributed by atoms with van der Waals surface area (Å²) in [5.74, 6) is -0.458. The van der Waals surface area contributed by atoms with Gasteiger partial charge in [-0.2, -0.15) is 0 Å². The molecule has 0 aliphatic carbocycles. The molecule has 0 heterocycles. The molecule has 0 bridgehead atoms. The zero-order chi connectivity index (χ0) is 9.94. The van der Waals surface area contributed by atoms with Gasteiger partial charge in [0, 0.05) is 28.6 Å². The van der Waals surface area contributed by atoms with Crippen molar-refractivity contribution in [3.63, 3.8) is 0 Å². The number of hydrogen-bond donors (Lipinski definition) is 0. The molecule has 0 aromatic rings. The Bertz CT molecular complexity index is 190. The number of carbonyl (C=O) groups is 1. The second-order valence-electron chi connectivity index (χ2n) is 2.81. The molecule has 0 radical (unpaired) electrons. The van der Waals surface area contributed by atoms with Crippen molar-refractivity contribution in [2.45, 2.75) is 45.4 Å². The van der Waals surface area contributed by atoms with E-state index in [2.05, 4.69) is 16.9 Å². The third kappa shape index (κ3) is 11.4. The van der Waals surface area contributed by atoms with Gasteiger partial charge < -0.3 is 4.84 Å². The van der Waals surface area contributed by atoms with Crippen molar-refractivity contribution in [1.29, 1.82) is 0 Å². The SMILES string of the molecule is CCCCCCCC(=O)ON=C=O.[Fe]. The second-order valence-corrected chi connectivity index (χ2v) is 2.81. The molecular weight excluding hydrogens is 226 g/mol. The average Bonchev–Trinajstić information content (AvgIpc) is 2.14. The molecule has 14 heavy (non-hydrogen) atoms. The number of unbranched alkanes of at least 4 members (excludes halogenated alkanes) is 4. The minimum Gasteiger partial charge on any atom is -0.307 e. The van der Waals surface area contributed by atoms with Gasteiger partial charge >= 0.3 is 5.97 Å². The van der Waals surface area contributed by atoms with Gasteiger partial charge in [-0.25, -0.2) is 9.59 Å². The maximum atomic E-state index is 10.7. The van der Waals surface area contributed by atoms with Crippen LogP contribution in [0.2, 0.25) is 0 Å². The third-order valence-corrected chi connectivity index (χ3v) is 1.67. The smallest absolute Gasteiger partial charge is 0.307 e. The Morgan fingerprint density at radius 3 is 2.50 bits per heavy atom. The fourth-order valence-electron chi connectivity index (χ4n) is 0.988. The Hall–Kier alpha value is -0.631. The van der Waals surface area contributed by atoms with Gasteiger partial charge in [0.1, 0.15) is 0 Å². The van der Waals surface area contributed by atoms with Crippen LogP contribution in [0.1, 0.15) is 45.4 Å². The molecule has 0 saturated carbocycles. The summed E-state index contributed by atoms with van der Waals surface area (Å²) in [6.45, 7) is 2.13. The minimum absolute atomic E-state index is 0. The number of isocyanates is 1. The standard InChI is InChI=1S/C9H15NO3.Fe/c1-2-3-4-5-6-7-9(12)13-10-8-11;/h2-7H2,1H3;. The summed E-state index contributed by atoms with van der Waals surface area (Å²) in [6, 6.07) is 0. The van der Waals surface area contributed by atoms with Crippen LogP contribution in [-0.4, -0.2) is 12.0 Å². The van der Waals surface area contributed by atoms with Crippen LogP contribution in [-0.2, 0) is 31.5 Å². The molecule has 0 saturated heterocycles. The van der Waals surface area contributed by atoms with Crippen LogP contribution in [0.25, 0.3) is 0 Å². The van der Waals surface area contributed by atoms with E-state index in [9.17, 15) is 9.59 Å². The fourth-order valence-corrected chi connectivity index (χ4v) is 0.988. The Balaban J connectivity index is 0. The van der Waals surface area contributed by atoms with Gasteiger partial charge in [-0.3, -0.25) is 0 Å². The van der Waals surface area contributed by atoms with Crippen molar-refractivity contribution in [1.82, 2.24) is 0 Å². The number of nitrogens with zero attached hydrogens (tertiary/aromatic N) is 1. The second kappa shape index (κ2) is 12.4. The molecule has 0 aromatic heterocycles. The Morgan fingerprint density at radius 1 is 1.29 bits per heavy atom. The van der Waals surface area contributed by atoms with Crippen LogP contribution < -0.4 is 0 Å². The number of rotatable bonds is 7. The molecule has 0 unspecified atom stereocenters. The van der Waals surface area contributed by atoms with Gasteiger partial charge in [-0.1, -0.05) is 32.6 Å². The minimum atomic E-state index is -0.458. The normalized spacial score (nSPS) is 8.36. The number of hydrogen-bond acceptors (Lipinski definition) is 4. The summed E-state index contributed by atoms with van der Waals surface area (Å²) >= 11 is 0. The molecule has 82 valence electrons. The third-order valence-electron chi connectivity index (χ3n) is 1.67. The molecule has 0 rings (SSSR count). The molecule has 0 spiro atoms. The first-order valence-electron chi connectivity index (χ1n) is 4.58. The maximum absolute atomic E-state index is 10.7. The van der Waals surface area contributed by atoms with Gasteiger partial charge in [-0.05, 0) is 6.42 Å². The van der Waals surface area contributed by atoms with E-state index < -0.39 is 5.97 Å². The molecule has 5 heteroatoms. The van der Waals surface area contributed by atoms with Gasteiger partial charge in [0.25, 0.3) is 6.08 Å². The maximum Gasteiger partial charge on any atom is 0.336 e. The largest absolute Gasteiger partial charge is 0.336 e. The predicted octanol–water partition coefficient (Wildman–Crippen LogP) is 2.14. The molecule has 0 aromatic carbocycles. The van der Waals surface area contributed by atoms with Gasteiger partial charge in [-0.15, -0.1) is 0 Å². The van der Waals surface area contributed by atoms with E-state index in [1.807, 2.05) is 0 Å². The molecule has 0 atom stereocenters. The van der Waals surface area contributed by atoms with E-state index in [-0.39, 0.29) is 17.1 Å². The molecule has 0 N–H and O–H groups in total. The Labute approximate surface area is 94.5 Å². The van der Waals surface area contributed by atoms with Crippen LogP contribution in [0.4, 0.5) is 0 Å². The molecule has 0 fully saturated rings. The van der Waals surface area contributed by atoms with Crippen molar-refractivity contribution in [2.75, 3.05) is 0 Å². The molecule has 0 aliphatic heterocycles. The van der Waals surface area contributed by atoms with E-state index in [1.165, 1.54) is 12.8 Å². The first-order chi connectivity index (χ1) is 6.31. The summed E-state index contributed by atoms with van der Waals surface area (Å²) < 4.78 is 0. The Kier molecular flexibility index (Phi) is 14.0. The van der Waals surface area contributed by atoms with Crippen LogP contribution in [0.15, 0.2) is 5.16 Å². The first kappa shape index (κ1) is 15.8. The number of carbonyl (C=O) groups excluding carboxylic acids is 2. The zero-order valence-corrected chi connectivity index (χ0v) is 9.37. The molecule has 0 amide bonds. The first-order valence-corrected chi connectivity index (χ1v) is 4.58. The van der Waals surface area contributed by atoms with Crippen molar-refractivity contribution < 1.29 is 31.5 Å². The molecule has 0 aliphatic rings. The summed E-state index contributed by atoms with van der Waals surface area (Å²) in [5, 5.41) is 2.73. The van der Waals surface area contributed by atoms with E-state index in [0.29, 0.717) is 6.42 Å². The molecular formula is C9H15FeNO3. The summed E-state index contributed by atoms with van der Waals surface area (Å²) in [6.07, 6.45) is 6.81. The van der Waals surface area contributed by atoms with Gasteiger partial charge in [0.05, 0.1) is 0 Å². The van der Waals surface area contributed by atoms with Gasteiger partial charge in [0.15, 0.2) is 0 Å². The van der Waals surface area contributed by atoms with Crippen molar-refractivity contribution in [3.8, 4) is 0 Å². The quantitative estimate of drug-likeness (QED) is 0.171. The van der Waals surface area contributed by atoms with E-state index in [4.69, 9.17) is 0 Å². The zero-order valence-electron chi connectivity index (χ0n) is 8.27. The van der Waals surface area contributed by atoms with Crippen LogP contribution in [0.5, 0.6) is 0 Å². The topological polar surface area (TPSA) is 55.7 Å². The van der Waals surface area contributed by atoms with Crippen LogP contribution in [0.3, 0.4) is 0 Å². The fraction of sp³-hybridized carbons (Fsp3) is 0.778. The molecule has 4 nitrogen and oxygen atoms in total. The van der Waals surface area contributed by atoms with Crippen molar-refractivity contribution >= 4 is 12.0 Å².